The van der Waals surface area contributed by atoms with Gasteiger partial charge in [0.25, 0.3) is 11.8 Å². The standard InChI is InChI=1S/C21H25N3O4/c1-10(2)18-20(26)23-16-8-12(11(3)25)7-14(19(16)28-18)15-9-24(4)21(27)17-13(15)5-6-22-17/h5-7,10,12,15,18,22H,8-9H2,1-4H3,(H,23,26). The number of carbonyl (C=O) groups excluding carboxylic acids is 3. The number of hydrogen-bond acceptors (Lipinski definition) is 4. The normalized spacial score (nSPS) is 27.1. The minimum Gasteiger partial charge on any atom is -0.478 e. The van der Waals surface area contributed by atoms with Crippen LogP contribution in [0.1, 0.15) is 49.2 Å². The number of aromatic nitrogens is 1. The first-order chi connectivity index (χ1) is 13.3. The number of aromatic amines is 1. The van der Waals surface area contributed by atoms with E-state index in [0.717, 1.165) is 11.1 Å². The van der Waals surface area contributed by atoms with Gasteiger partial charge in [0.2, 0.25) is 0 Å². The fourth-order valence-electron chi connectivity index (χ4n) is 4.23. The number of likely N-dealkylation sites (N-methyl/N-ethyl adjacent to an activating group) is 1. The van der Waals surface area contributed by atoms with Crippen LogP contribution < -0.4 is 5.32 Å². The third-order valence-corrected chi connectivity index (χ3v) is 5.79. The Balaban J connectivity index is 1.81. The Bertz CT molecular complexity index is 924. The average Bonchev–Trinajstić information content (AvgIpc) is 3.13. The Labute approximate surface area is 163 Å². The second-order valence-electron chi connectivity index (χ2n) is 8.17. The van der Waals surface area contributed by atoms with Crippen molar-refractivity contribution in [1.82, 2.24) is 15.2 Å². The van der Waals surface area contributed by atoms with Gasteiger partial charge in [-0.3, -0.25) is 14.4 Å². The van der Waals surface area contributed by atoms with E-state index in [1.54, 1.807) is 25.1 Å². The van der Waals surface area contributed by atoms with Gasteiger partial charge in [0.05, 0.1) is 5.70 Å². The minimum atomic E-state index is -0.579. The van der Waals surface area contributed by atoms with Crippen LogP contribution in [0.2, 0.25) is 0 Å². The quantitative estimate of drug-likeness (QED) is 0.836. The van der Waals surface area contributed by atoms with Crippen molar-refractivity contribution >= 4 is 17.6 Å². The van der Waals surface area contributed by atoms with E-state index < -0.39 is 6.10 Å². The summed E-state index contributed by atoms with van der Waals surface area (Å²) in [6.07, 6.45) is 3.56. The monoisotopic (exact) mass is 383 g/mol. The fraction of sp³-hybridized carbons (Fsp3) is 0.476. The molecule has 3 atom stereocenters. The second-order valence-corrected chi connectivity index (χ2v) is 8.17. The summed E-state index contributed by atoms with van der Waals surface area (Å²) in [7, 11) is 1.76. The molecule has 0 saturated heterocycles. The average molecular weight is 383 g/mol. The largest absolute Gasteiger partial charge is 0.478 e. The smallest absolute Gasteiger partial charge is 0.270 e. The Kier molecular flexibility index (Phi) is 4.40. The zero-order chi connectivity index (χ0) is 20.2. The van der Waals surface area contributed by atoms with E-state index in [0.29, 0.717) is 30.1 Å². The lowest BCUT2D eigenvalue weighted by Crippen LogP contribution is -2.46. The molecule has 0 bridgehead atoms. The number of hydrogen-bond donors (Lipinski definition) is 2. The zero-order valence-electron chi connectivity index (χ0n) is 16.5. The number of Topliss-reactive ketones (excluding diaryl/α,β-unsaturated/α-hetero) is 1. The fourth-order valence-corrected chi connectivity index (χ4v) is 4.23. The summed E-state index contributed by atoms with van der Waals surface area (Å²) in [5.74, 6) is 0.0322. The van der Waals surface area contributed by atoms with Gasteiger partial charge < -0.3 is 19.9 Å². The predicted octanol–water partition coefficient (Wildman–Crippen LogP) is 2.10. The van der Waals surface area contributed by atoms with Crippen LogP contribution in [0.4, 0.5) is 0 Å². The van der Waals surface area contributed by atoms with Crippen molar-refractivity contribution in [2.75, 3.05) is 13.6 Å². The predicted molar refractivity (Wildman–Crippen MR) is 102 cm³/mol. The van der Waals surface area contributed by atoms with E-state index in [1.165, 1.54) is 0 Å². The van der Waals surface area contributed by atoms with Gasteiger partial charge in [0, 0.05) is 43.6 Å². The van der Waals surface area contributed by atoms with Crippen LogP contribution in [-0.2, 0) is 14.3 Å². The van der Waals surface area contributed by atoms with Crippen LogP contribution in [0, 0.1) is 11.8 Å². The molecular weight excluding hydrogens is 358 g/mol. The van der Waals surface area contributed by atoms with Gasteiger partial charge in [0.15, 0.2) is 6.10 Å². The van der Waals surface area contributed by atoms with Crippen molar-refractivity contribution in [2.45, 2.75) is 39.2 Å². The molecule has 0 spiro atoms. The van der Waals surface area contributed by atoms with E-state index >= 15 is 0 Å². The molecule has 28 heavy (non-hydrogen) atoms. The maximum absolute atomic E-state index is 12.5. The lowest BCUT2D eigenvalue weighted by Gasteiger charge is -2.39. The van der Waals surface area contributed by atoms with E-state index in [9.17, 15) is 14.4 Å². The van der Waals surface area contributed by atoms with Gasteiger partial charge in [-0.1, -0.05) is 19.9 Å². The Hall–Kier alpha value is -2.83. The molecule has 3 heterocycles. The molecule has 4 rings (SSSR count). The summed E-state index contributed by atoms with van der Waals surface area (Å²) in [6.45, 7) is 5.93. The molecule has 2 amide bonds. The topological polar surface area (TPSA) is 91.5 Å². The highest BCUT2D eigenvalue weighted by atomic mass is 16.5. The molecule has 148 valence electrons. The number of amides is 2. The van der Waals surface area contributed by atoms with Crippen molar-refractivity contribution < 1.29 is 19.1 Å². The number of nitrogens with one attached hydrogen (secondary N) is 2. The van der Waals surface area contributed by atoms with Crippen LogP contribution in [0.3, 0.4) is 0 Å². The molecule has 0 radical (unpaired) electrons. The second kappa shape index (κ2) is 6.65. The Morgan fingerprint density at radius 1 is 1.32 bits per heavy atom. The molecule has 3 aliphatic rings. The summed E-state index contributed by atoms with van der Waals surface area (Å²) in [6, 6.07) is 1.91. The molecule has 1 aliphatic carbocycles. The molecule has 7 heteroatoms. The molecule has 1 aromatic heterocycles. The molecule has 0 aromatic carbocycles. The number of fused-ring (bicyclic) bond motifs is 1. The van der Waals surface area contributed by atoms with Crippen molar-refractivity contribution in [3.05, 3.63) is 46.6 Å². The van der Waals surface area contributed by atoms with Gasteiger partial charge in [-0.05, 0) is 24.5 Å². The molecule has 2 N–H and O–H groups in total. The first kappa shape index (κ1) is 18.5. The van der Waals surface area contributed by atoms with Crippen molar-refractivity contribution in [1.29, 1.82) is 0 Å². The van der Waals surface area contributed by atoms with Crippen molar-refractivity contribution in [2.24, 2.45) is 11.8 Å². The summed E-state index contributed by atoms with van der Waals surface area (Å²) < 4.78 is 6.19. The molecule has 1 aromatic rings. The van der Waals surface area contributed by atoms with Crippen LogP contribution >= 0.6 is 0 Å². The van der Waals surface area contributed by atoms with E-state index in [4.69, 9.17) is 4.74 Å². The highest BCUT2D eigenvalue weighted by Gasteiger charge is 2.41. The number of ether oxygens (including phenoxy) is 1. The number of H-pyrrole nitrogens is 1. The lowest BCUT2D eigenvalue weighted by molar-refractivity contribution is -0.134. The van der Waals surface area contributed by atoms with Gasteiger partial charge in [-0.25, -0.2) is 0 Å². The van der Waals surface area contributed by atoms with E-state index in [-0.39, 0.29) is 35.4 Å². The third-order valence-electron chi connectivity index (χ3n) is 5.79. The number of carbonyl (C=O) groups is 3. The number of ketones is 1. The Morgan fingerprint density at radius 3 is 2.75 bits per heavy atom. The summed E-state index contributed by atoms with van der Waals surface area (Å²) in [5.41, 5.74) is 2.99. The van der Waals surface area contributed by atoms with E-state index in [1.807, 2.05) is 26.0 Å². The van der Waals surface area contributed by atoms with Gasteiger partial charge in [-0.15, -0.1) is 0 Å². The molecule has 3 unspecified atom stereocenters. The van der Waals surface area contributed by atoms with Crippen molar-refractivity contribution in [3.8, 4) is 0 Å². The maximum Gasteiger partial charge on any atom is 0.270 e. The molecule has 0 fully saturated rings. The lowest BCUT2D eigenvalue weighted by atomic mass is 9.79. The maximum atomic E-state index is 12.5. The highest BCUT2D eigenvalue weighted by molar-refractivity contribution is 5.95. The van der Waals surface area contributed by atoms with Gasteiger partial charge >= 0.3 is 0 Å². The molecule has 2 aliphatic heterocycles. The summed E-state index contributed by atoms with van der Waals surface area (Å²) in [4.78, 5) is 41.8. The number of nitrogens with zero attached hydrogens (tertiary/aromatic N) is 1. The highest BCUT2D eigenvalue weighted by Crippen LogP contribution is 2.43. The number of rotatable bonds is 3. The first-order valence-corrected chi connectivity index (χ1v) is 9.63. The van der Waals surface area contributed by atoms with Gasteiger partial charge in [-0.2, -0.15) is 0 Å². The third kappa shape index (κ3) is 2.85. The Morgan fingerprint density at radius 2 is 2.07 bits per heavy atom. The molecular formula is C21H25N3O4. The van der Waals surface area contributed by atoms with Crippen LogP contribution in [0.25, 0.3) is 0 Å². The molecule has 0 saturated carbocycles. The number of allylic oxidation sites excluding steroid dienone is 3. The van der Waals surface area contributed by atoms with Crippen molar-refractivity contribution in [3.63, 3.8) is 0 Å². The summed E-state index contributed by atoms with van der Waals surface area (Å²) in [5, 5.41) is 2.98. The SMILES string of the molecule is CC(=O)C1C=C(C2CN(C)C(=O)c3[nH]ccc32)C2=C(C1)NC(=O)C(C(C)C)O2. The van der Waals surface area contributed by atoms with Gasteiger partial charge in [0.1, 0.15) is 17.2 Å². The van der Waals surface area contributed by atoms with E-state index in [2.05, 4.69) is 10.3 Å². The van der Waals surface area contributed by atoms with Crippen LogP contribution in [-0.4, -0.2) is 47.2 Å². The first-order valence-electron chi connectivity index (χ1n) is 9.63. The summed E-state index contributed by atoms with van der Waals surface area (Å²) >= 11 is 0. The molecule has 7 nitrogen and oxygen atoms in total. The zero-order valence-corrected chi connectivity index (χ0v) is 16.5. The minimum absolute atomic E-state index is 0.0132. The van der Waals surface area contributed by atoms with Crippen LogP contribution in [0.5, 0.6) is 0 Å². The van der Waals surface area contributed by atoms with Crippen LogP contribution in [0.15, 0.2) is 35.4 Å².